The molecule has 0 spiro atoms. The van der Waals surface area contributed by atoms with E-state index in [4.69, 9.17) is 5.73 Å². The molecule has 0 radical (unpaired) electrons. The first-order chi connectivity index (χ1) is 10.1. The molecule has 0 saturated heterocycles. The van der Waals surface area contributed by atoms with Crippen molar-refractivity contribution >= 4 is 5.69 Å². The second-order valence-corrected chi connectivity index (χ2v) is 5.74. The molecule has 0 amide bonds. The highest BCUT2D eigenvalue weighted by atomic mass is 15.2. The normalized spacial score (nSPS) is 12.2. The Morgan fingerprint density at radius 1 is 1.00 bits per heavy atom. The fourth-order valence-electron chi connectivity index (χ4n) is 2.93. The maximum atomic E-state index is 6.13. The third kappa shape index (κ3) is 3.45. The van der Waals surface area contributed by atoms with Crippen molar-refractivity contribution < 1.29 is 0 Å². The van der Waals surface area contributed by atoms with Crippen LogP contribution in [0, 0.1) is 20.8 Å². The van der Waals surface area contributed by atoms with E-state index in [-0.39, 0.29) is 6.04 Å². The lowest BCUT2D eigenvalue weighted by Crippen LogP contribution is -2.34. The van der Waals surface area contributed by atoms with Gasteiger partial charge in [-0.1, -0.05) is 35.9 Å². The lowest BCUT2D eigenvalue weighted by atomic mass is 9.97. The average Bonchev–Trinajstić information content (AvgIpc) is 2.47. The molecule has 0 fully saturated rings. The number of aryl methyl sites for hydroxylation is 3. The standard InChI is InChI=1S/C19H26N2/c1-5-21(17-8-6-7-14(2)11-17)19(13-20)18-12-15(3)9-10-16(18)4/h6-12,19H,5,13,20H2,1-4H3. The van der Waals surface area contributed by atoms with Crippen molar-refractivity contribution in [2.24, 2.45) is 5.73 Å². The van der Waals surface area contributed by atoms with Crippen molar-refractivity contribution in [1.82, 2.24) is 0 Å². The monoisotopic (exact) mass is 282 g/mol. The summed E-state index contributed by atoms with van der Waals surface area (Å²) in [4.78, 5) is 2.40. The van der Waals surface area contributed by atoms with Crippen molar-refractivity contribution in [3.63, 3.8) is 0 Å². The summed E-state index contributed by atoms with van der Waals surface area (Å²) < 4.78 is 0. The van der Waals surface area contributed by atoms with Crippen molar-refractivity contribution in [1.29, 1.82) is 0 Å². The third-order valence-corrected chi connectivity index (χ3v) is 4.07. The minimum Gasteiger partial charge on any atom is -0.363 e. The van der Waals surface area contributed by atoms with Crippen LogP contribution in [0.25, 0.3) is 0 Å². The van der Waals surface area contributed by atoms with Crippen LogP contribution in [0.3, 0.4) is 0 Å². The van der Waals surface area contributed by atoms with Gasteiger partial charge >= 0.3 is 0 Å². The highest BCUT2D eigenvalue weighted by Gasteiger charge is 2.20. The zero-order valence-electron chi connectivity index (χ0n) is 13.6. The summed E-state index contributed by atoms with van der Waals surface area (Å²) in [6.45, 7) is 10.2. The number of benzene rings is 2. The van der Waals surface area contributed by atoms with Crippen molar-refractivity contribution in [2.75, 3.05) is 18.0 Å². The predicted molar refractivity (Wildman–Crippen MR) is 91.9 cm³/mol. The molecule has 2 N–H and O–H groups in total. The van der Waals surface area contributed by atoms with Gasteiger partial charge in [-0.3, -0.25) is 0 Å². The summed E-state index contributed by atoms with van der Waals surface area (Å²) >= 11 is 0. The van der Waals surface area contributed by atoms with Crippen molar-refractivity contribution in [3.05, 3.63) is 64.7 Å². The summed E-state index contributed by atoms with van der Waals surface area (Å²) in [5, 5.41) is 0. The molecule has 2 aromatic rings. The van der Waals surface area contributed by atoms with E-state index in [1.807, 2.05) is 0 Å². The van der Waals surface area contributed by atoms with E-state index in [9.17, 15) is 0 Å². The van der Waals surface area contributed by atoms with Crippen LogP contribution in [-0.2, 0) is 0 Å². The minimum atomic E-state index is 0.219. The van der Waals surface area contributed by atoms with Gasteiger partial charge in [0.1, 0.15) is 0 Å². The highest BCUT2D eigenvalue weighted by Crippen LogP contribution is 2.29. The Kier molecular flexibility index (Phi) is 5.03. The van der Waals surface area contributed by atoms with Crippen LogP contribution in [0.2, 0.25) is 0 Å². The van der Waals surface area contributed by atoms with E-state index in [1.54, 1.807) is 0 Å². The molecule has 2 heteroatoms. The maximum Gasteiger partial charge on any atom is 0.0667 e. The van der Waals surface area contributed by atoms with E-state index in [0.29, 0.717) is 6.54 Å². The van der Waals surface area contributed by atoms with Gasteiger partial charge in [-0.2, -0.15) is 0 Å². The second kappa shape index (κ2) is 6.77. The van der Waals surface area contributed by atoms with Gasteiger partial charge in [-0.15, -0.1) is 0 Å². The molecule has 0 bridgehead atoms. The number of rotatable bonds is 5. The number of hydrogen-bond donors (Lipinski definition) is 1. The van der Waals surface area contributed by atoms with Gasteiger partial charge in [0.25, 0.3) is 0 Å². The molecule has 0 aliphatic rings. The summed E-state index contributed by atoms with van der Waals surface area (Å²) in [5.41, 5.74) is 12.6. The molecule has 0 aliphatic heterocycles. The smallest absolute Gasteiger partial charge is 0.0667 e. The molecule has 21 heavy (non-hydrogen) atoms. The van der Waals surface area contributed by atoms with Crippen LogP contribution < -0.4 is 10.6 Å². The summed E-state index contributed by atoms with van der Waals surface area (Å²) in [5.74, 6) is 0. The SMILES string of the molecule is CCN(c1cccc(C)c1)C(CN)c1cc(C)ccc1C. The Labute approximate surface area is 128 Å². The lowest BCUT2D eigenvalue weighted by Gasteiger charge is -2.33. The Bertz CT molecular complexity index is 604. The van der Waals surface area contributed by atoms with Gasteiger partial charge in [-0.05, 0) is 56.5 Å². The molecule has 0 saturated carbocycles. The van der Waals surface area contributed by atoms with Gasteiger partial charge in [0, 0.05) is 18.8 Å². The van der Waals surface area contributed by atoms with Crippen LogP contribution >= 0.6 is 0 Å². The molecule has 2 aromatic carbocycles. The molecule has 112 valence electrons. The highest BCUT2D eigenvalue weighted by molar-refractivity contribution is 5.52. The first-order valence-electron chi connectivity index (χ1n) is 7.67. The van der Waals surface area contributed by atoms with E-state index in [1.165, 1.54) is 27.9 Å². The fraction of sp³-hybridized carbons (Fsp3) is 0.368. The fourth-order valence-corrected chi connectivity index (χ4v) is 2.93. The summed E-state index contributed by atoms with van der Waals surface area (Å²) in [7, 11) is 0. The third-order valence-electron chi connectivity index (χ3n) is 4.07. The predicted octanol–water partition coefficient (Wildman–Crippen LogP) is 4.14. The lowest BCUT2D eigenvalue weighted by molar-refractivity contribution is 0.639. The molecule has 2 nitrogen and oxygen atoms in total. The van der Waals surface area contributed by atoms with Crippen LogP contribution in [0.15, 0.2) is 42.5 Å². The summed E-state index contributed by atoms with van der Waals surface area (Å²) in [6.07, 6.45) is 0. The zero-order chi connectivity index (χ0) is 15.4. The average molecular weight is 282 g/mol. The Morgan fingerprint density at radius 2 is 1.71 bits per heavy atom. The molecular formula is C19H26N2. The van der Waals surface area contributed by atoms with Gasteiger partial charge in [0.15, 0.2) is 0 Å². The molecule has 2 rings (SSSR count). The minimum absolute atomic E-state index is 0.219. The van der Waals surface area contributed by atoms with Crippen LogP contribution in [-0.4, -0.2) is 13.1 Å². The number of anilines is 1. The number of likely N-dealkylation sites (N-methyl/N-ethyl adjacent to an activating group) is 1. The van der Waals surface area contributed by atoms with E-state index < -0.39 is 0 Å². The maximum absolute atomic E-state index is 6.13. The molecular weight excluding hydrogens is 256 g/mol. The molecule has 0 heterocycles. The van der Waals surface area contributed by atoms with Crippen LogP contribution in [0.4, 0.5) is 5.69 Å². The van der Waals surface area contributed by atoms with Gasteiger partial charge < -0.3 is 10.6 Å². The van der Waals surface area contributed by atoms with Crippen molar-refractivity contribution in [3.8, 4) is 0 Å². The Balaban J connectivity index is 2.44. The first kappa shape index (κ1) is 15.6. The Morgan fingerprint density at radius 3 is 2.33 bits per heavy atom. The van der Waals surface area contributed by atoms with Gasteiger partial charge in [0.05, 0.1) is 6.04 Å². The van der Waals surface area contributed by atoms with E-state index in [0.717, 1.165) is 6.54 Å². The van der Waals surface area contributed by atoms with Gasteiger partial charge in [0.2, 0.25) is 0 Å². The van der Waals surface area contributed by atoms with Crippen molar-refractivity contribution in [2.45, 2.75) is 33.7 Å². The van der Waals surface area contributed by atoms with Gasteiger partial charge in [-0.25, -0.2) is 0 Å². The Hall–Kier alpha value is -1.80. The molecule has 0 aromatic heterocycles. The topological polar surface area (TPSA) is 29.3 Å². The molecule has 1 unspecified atom stereocenters. The number of nitrogens with zero attached hydrogens (tertiary/aromatic N) is 1. The zero-order valence-corrected chi connectivity index (χ0v) is 13.6. The quantitative estimate of drug-likeness (QED) is 0.893. The largest absolute Gasteiger partial charge is 0.363 e. The van der Waals surface area contributed by atoms with Crippen LogP contribution in [0.1, 0.15) is 35.2 Å². The molecule has 0 aliphatic carbocycles. The molecule has 1 atom stereocenters. The number of hydrogen-bond acceptors (Lipinski definition) is 2. The second-order valence-electron chi connectivity index (χ2n) is 5.74. The summed E-state index contributed by atoms with van der Waals surface area (Å²) in [6, 6.07) is 15.5. The number of nitrogens with two attached hydrogens (primary N) is 1. The van der Waals surface area contributed by atoms with E-state index in [2.05, 4.69) is 75.1 Å². The van der Waals surface area contributed by atoms with E-state index >= 15 is 0 Å². The first-order valence-corrected chi connectivity index (χ1v) is 7.67. The van der Waals surface area contributed by atoms with Crippen LogP contribution in [0.5, 0.6) is 0 Å².